The summed E-state index contributed by atoms with van der Waals surface area (Å²) >= 11 is 1.40. The van der Waals surface area contributed by atoms with Crippen LogP contribution in [-0.4, -0.2) is 46.3 Å². The molecule has 0 saturated carbocycles. The number of H-pyrrole nitrogens is 1. The highest BCUT2D eigenvalue weighted by atomic mass is 32.2. The van der Waals surface area contributed by atoms with Crippen molar-refractivity contribution in [3.8, 4) is 0 Å². The lowest BCUT2D eigenvalue weighted by molar-refractivity contribution is -0.132. The van der Waals surface area contributed by atoms with Gasteiger partial charge in [-0.2, -0.15) is 0 Å². The lowest BCUT2D eigenvalue weighted by Gasteiger charge is -2.30. The van der Waals surface area contributed by atoms with Crippen molar-refractivity contribution < 1.29 is 9.59 Å². The minimum absolute atomic E-state index is 0.0198. The van der Waals surface area contributed by atoms with Gasteiger partial charge in [-0.1, -0.05) is 42.1 Å². The fourth-order valence-electron chi connectivity index (χ4n) is 2.73. The summed E-state index contributed by atoms with van der Waals surface area (Å²) in [6.45, 7) is 0.445. The molecule has 3 rings (SSSR count). The highest BCUT2D eigenvalue weighted by Gasteiger charge is 2.25. The van der Waals surface area contributed by atoms with Crippen LogP contribution in [0.25, 0.3) is 0 Å². The van der Waals surface area contributed by atoms with Crippen molar-refractivity contribution in [3.05, 3.63) is 58.0 Å². The van der Waals surface area contributed by atoms with Gasteiger partial charge in [-0.25, -0.2) is 4.98 Å². The van der Waals surface area contributed by atoms with Gasteiger partial charge < -0.3 is 15.2 Å². The highest BCUT2D eigenvalue weighted by molar-refractivity contribution is 7.98. The van der Waals surface area contributed by atoms with Crippen LogP contribution in [0.3, 0.4) is 0 Å². The Balaban J connectivity index is 1.61. The first-order valence-electron chi connectivity index (χ1n) is 8.34. The smallest absolute Gasteiger partial charge is 0.264 e. The van der Waals surface area contributed by atoms with Crippen molar-refractivity contribution in [2.75, 3.05) is 13.6 Å². The number of likely N-dealkylation sites (N-methyl/N-ethyl adjacent to an activating group) is 1. The van der Waals surface area contributed by atoms with Crippen LogP contribution in [0.2, 0.25) is 0 Å². The monoisotopic (exact) mass is 372 g/mol. The van der Waals surface area contributed by atoms with Gasteiger partial charge in [0.05, 0.1) is 0 Å². The molecule has 1 atom stereocenters. The van der Waals surface area contributed by atoms with Gasteiger partial charge in [-0.3, -0.25) is 14.4 Å². The second kappa shape index (κ2) is 8.18. The van der Waals surface area contributed by atoms with E-state index < -0.39 is 11.5 Å². The molecule has 0 aliphatic carbocycles. The summed E-state index contributed by atoms with van der Waals surface area (Å²) in [5.41, 5.74) is 0.639. The fourth-order valence-corrected chi connectivity index (χ4v) is 3.52. The number of carbonyl (C=O) groups is 2. The number of thioether (sulfide) groups is 1. The molecular weight excluding hydrogens is 352 g/mol. The highest BCUT2D eigenvalue weighted by Crippen LogP contribution is 2.17. The van der Waals surface area contributed by atoms with Crippen molar-refractivity contribution >= 4 is 23.6 Å². The first-order chi connectivity index (χ1) is 12.5. The van der Waals surface area contributed by atoms with E-state index in [4.69, 9.17) is 0 Å². The zero-order chi connectivity index (χ0) is 18.5. The van der Waals surface area contributed by atoms with Gasteiger partial charge in [0.15, 0.2) is 5.16 Å². The third-order valence-electron chi connectivity index (χ3n) is 4.20. The van der Waals surface area contributed by atoms with E-state index >= 15 is 0 Å². The predicted octanol–water partition coefficient (Wildman–Crippen LogP) is 1.41. The lowest BCUT2D eigenvalue weighted by Crippen LogP contribution is -2.49. The molecule has 2 aromatic rings. The molecule has 0 unspecified atom stereocenters. The largest absolute Gasteiger partial charge is 0.347 e. The summed E-state index contributed by atoms with van der Waals surface area (Å²) in [5, 5.41) is 3.28. The van der Waals surface area contributed by atoms with Crippen molar-refractivity contribution in [2.24, 2.45) is 0 Å². The van der Waals surface area contributed by atoms with E-state index in [0.29, 0.717) is 30.3 Å². The number of aromatic amines is 1. The summed E-state index contributed by atoms with van der Waals surface area (Å²) in [6.07, 6.45) is 2.27. The van der Waals surface area contributed by atoms with Gasteiger partial charge in [-0.15, -0.1) is 0 Å². The van der Waals surface area contributed by atoms with Gasteiger partial charge in [0.1, 0.15) is 5.56 Å². The molecule has 1 aromatic carbocycles. The normalized spacial score (nSPS) is 17.2. The molecule has 136 valence electrons. The van der Waals surface area contributed by atoms with Crippen LogP contribution in [0.5, 0.6) is 0 Å². The summed E-state index contributed by atoms with van der Waals surface area (Å²) in [4.78, 5) is 44.5. The second-order valence-corrected chi connectivity index (χ2v) is 7.15. The summed E-state index contributed by atoms with van der Waals surface area (Å²) in [6, 6.07) is 9.70. The maximum atomic E-state index is 12.3. The molecule has 8 heteroatoms. The molecule has 1 aliphatic rings. The third kappa shape index (κ3) is 4.51. The van der Waals surface area contributed by atoms with Crippen molar-refractivity contribution in [1.82, 2.24) is 20.2 Å². The standard InChI is InChI=1S/C18H20N4O3S/c1-22-10-13(7-8-15(22)23)20-16(24)14-9-19-18(21-17(14)25)26-11-12-5-3-2-4-6-12/h2-6,9,13H,7-8,10-11H2,1H3,(H,20,24)(H,19,21,25)/t13-/m0/s1. The maximum absolute atomic E-state index is 12.3. The lowest BCUT2D eigenvalue weighted by atomic mass is 10.1. The van der Waals surface area contributed by atoms with Crippen LogP contribution < -0.4 is 10.9 Å². The molecule has 1 fully saturated rings. The van der Waals surface area contributed by atoms with Gasteiger partial charge in [0.25, 0.3) is 11.5 Å². The molecule has 0 spiro atoms. The Bertz CT molecular complexity index is 853. The van der Waals surface area contributed by atoms with Gasteiger partial charge in [-0.05, 0) is 12.0 Å². The Morgan fingerprint density at radius 3 is 2.81 bits per heavy atom. The summed E-state index contributed by atoms with van der Waals surface area (Å²) in [7, 11) is 1.70. The second-order valence-electron chi connectivity index (χ2n) is 6.19. The minimum Gasteiger partial charge on any atom is -0.347 e. The zero-order valence-corrected chi connectivity index (χ0v) is 15.2. The number of hydrogen-bond donors (Lipinski definition) is 2. The number of aromatic nitrogens is 2. The van der Waals surface area contributed by atoms with E-state index in [1.807, 2.05) is 30.3 Å². The number of likely N-dealkylation sites (tertiary alicyclic amines) is 1. The number of rotatable bonds is 5. The van der Waals surface area contributed by atoms with E-state index in [0.717, 1.165) is 5.56 Å². The van der Waals surface area contributed by atoms with Crippen LogP contribution in [0.15, 0.2) is 46.5 Å². The third-order valence-corrected chi connectivity index (χ3v) is 5.16. The number of benzene rings is 1. The van der Waals surface area contributed by atoms with Crippen LogP contribution in [0.4, 0.5) is 0 Å². The van der Waals surface area contributed by atoms with E-state index in [1.54, 1.807) is 11.9 Å². The number of carbonyl (C=O) groups excluding carboxylic acids is 2. The van der Waals surface area contributed by atoms with Crippen LogP contribution >= 0.6 is 11.8 Å². The van der Waals surface area contributed by atoms with E-state index in [9.17, 15) is 14.4 Å². The molecule has 26 heavy (non-hydrogen) atoms. The first kappa shape index (κ1) is 18.2. The Hall–Kier alpha value is -2.61. The number of amides is 2. The molecule has 0 radical (unpaired) electrons. The Kier molecular flexibility index (Phi) is 5.72. The van der Waals surface area contributed by atoms with Crippen molar-refractivity contribution in [1.29, 1.82) is 0 Å². The average Bonchev–Trinajstić information content (AvgIpc) is 2.64. The topological polar surface area (TPSA) is 95.2 Å². The SMILES string of the molecule is CN1C[C@@H](NC(=O)c2cnc(SCc3ccccc3)[nH]c2=O)CCC1=O. The number of nitrogens with zero attached hydrogens (tertiary/aromatic N) is 2. The molecule has 1 aliphatic heterocycles. The van der Waals surface area contributed by atoms with Crippen molar-refractivity contribution in [3.63, 3.8) is 0 Å². The zero-order valence-electron chi connectivity index (χ0n) is 14.4. The van der Waals surface area contributed by atoms with Gasteiger partial charge in [0, 0.05) is 38.0 Å². The van der Waals surface area contributed by atoms with Crippen LogP contribution in [0.1, 0.15) is 28.8 Å². The van der Waals surface area contributed by atoms with Gasteiger partial charge >= 0.3 is 0 Å². The predicted molar refractivity (Wildman–Crippen MR) is 99.0 cm³/mol. The fraction of sp³-hybridized carbons (Fsp3) is 0.333. The average molecular weight is 372 g/mol. The van der Waals surface area contributed by atoms with Gasteiger partial charge in [0.2, 0.25) is 5.91 Å². The number of nitrogens with one attached hydrogen (secondary N) is 2. The van der Waals surface area contributed by atoms with Crippen LogP contribution in [0, 0.1) is 0 Å². The van der Waals surface area contributed by atoms with E-state index in [-0.39, 0.29) is 17.5 Å². The minimum atomic E-state index is -0.467. The maximum Gasteiger partial charge on any atom is 0.264 e. The first-order valence-corrected chi connectivity index (χ1v) is 9.32. The summed E-state index contributed by atoms with van der Waals surface area (Å²) in [5.74, 6) is 0.276. The van der Waals surface area contributed by atoms with Crippen molar-refractivity contribution in [2.45, 2.75) is 29.8 Å². The van der Waals surface area contributed by atoms with Crippen LogP contribution in [-0.2, 0) is 10.5 Å². The Morgan fingerprint density at radius 1 is 1.35 bits per heavy atom. The summed E-state index contributed by atoms with van der Waals surface area (Å²) < 4.78 is 0. The number of hydrogen-bond acceptors (Lipinski definition) is 5. The Morgan fingerprint density at radius 2 is 2.12 bits per heavy atom. The molecule has 2 N–H and O–H groups in total. The van der Waals surface area contributed by atoms with E-state index in [1.165, 1.54) is 18.0 Å². The molecule has 2 heterocycles. The molecule has 2 amide bonds. The molecule has 0 bridgehead atoms. The Labute approximate surface area is 155 Å². The molecule has 1 aromatic heterocycles. The quantitative estimate of drug-likeness (QED) is 0.611. The molecular formula is C18H20N4O3S. The number of piperidine rings is 1. The molecule has 7 nitrogen and oxygen atoms in total. The van der Waals surface area contributed by atoms with E-state index in [2.05, 4.69) is 15.3 Å². The molecule has 1 saturated heterocycles.